The first-order valence-electron chi connectivity index (χ1n) is 6.29. The van der Waals surface area contributed by atoms with Gasteiger partial charge >= 0.3 is 0 Å². The molecule has 1 N–H and O–H groups in total. The highest BCUT2D eigenvalue weighted by atomic mass is 79.9. The molecule has 0 spiro atoms. The Hall–Kier alpha value is -1.43. The highest BCUT2D eigenvalue weighted by Crippen LogP contribution is 2.20. The van der Waals surface area contributed by atoms with Crippen LogP contribution in [0.3, 0.4) is 0 Å². The van der Waals surface area contributed by atoms with Crippen molar-refractivity contribution in [3.63, 3.8) is 0 Å². The van der Waals surface area contributed by atoms with E-state index in [-0.39, 0.29) is 18.0 Å². The van der Waals surface area contributed by atoms with E-state index in [1.54, 1.807) is 6.07 Å². The van der Waals surface area contributed by atoms with Gasteiger partial charge in [-0.2, -0.15) is 0 Å². The number of nitrogens with one attached hydrogen (secondary N) is 1. The third kappa shape index (κ3) is 4.59. The molecule has 0 saturated heterocycles. The molecule has 110 valence electrons. The van der Waals surface area contributed by atoms with E-state index in [0.29, 0.717) is 16.9 Å². The zero-order valence-electron chi connectivity index (χ0n) is 11.7. The lowest BCUT2D eigenvalue weighted by molar-refractivity contribution is -0.121. The first-order chi connectivity index (χ1) is 9.32. The average molecular weight is 345 g/mol. The van der Waals surface area contributed by atoms with Crippen molar-refractivity contribution in [2.75, 3.05) is 20.1 Å². The molecule has 0 bridgehead atoms. The molecule has 0 atom stereocenters. The molecular weight excluding hydrogens is 327 g/mol. The van der Waals surface area contributed by atoms with E-state index in [2.05, 4.69) is 21.2 Å². The van der Waals surface area contributed by atoms with Crippen LogP contribution in [0, 0.1) is 11.7 Å². The lowest BCUT2D eigenvalue weighted by Gasteiger charge is -2.18. The van der Waals surface area contributed by atoms with E-state index >= 15 is 0 Å². The van der Waals surface area contributed by atoms with Gasteiger partial charge in [-0.3, -0.25) is 9.59 Å². The van der Waals surface area contributed by atoms with Crippen LogP contribution in [0.15, 0.2) is 22.7 Å². The Kier molecular flexibility index (Phi) is 6.13. The molecule has 0 heterocycles. The molecule has 20 heavy (non-hydrogen) atoms. The van der Waals surface area contributed by atoms with Crippen LogP contribution in [0.2, 0.25) is 0 Å². The van der Waals surface area contributed by atoms with Crippen LogP contribution in [0.4, 0.5) is 4.39 Å². The number of carbonyl (C=O) groups is 2. The molecule has 0 aliphatic heterocycles. The first kappa shape index (κ1) is 16.6. The molecule has 0 fully saturated rings. The van der Waals surface area contributed by atoms with Gasteiger partial charge in [0.1, 0.15) is 5.82 Å². The highest BCUT2D eigenvalue weighted by molar-refractivity contribution is 9.10. The van der Waals surface area contributed by atoms with Crippen molar-refractivity contribution in [1.29, 1.82) is 0 Å². The van der Waals surface area contributed by atoms with Crippen molar-refractivity contribution in [2.24, 2.45) is 5.92 Å². The number of nitrogens with zero attached hydrogens (tertiary/aromatic N) is 1. The summed E-state index contributed by atoms with van der Waals surface area (Å²) in [4.78, 5) is 25.0. The third-order valence-corrected chi connectivity index (χ3v) is 3.27. The molecular formula is C14H18BrFN2O2. The normalized spacial score (nSPS) is 10.5. The van der Waals surface area contributed by atoms with Crippen LogP contribution in [0.5, 0.6) is 0 Å². The van der Waals surface area contributed by atoms with Crippen molar-refractivity contribution < 1.29 is 14.0 Å². The molecule has 0 radical (unpaired) electrons. The largest absolute Gasteiger partial charge is 0.354 e. The number of likely N-dealkylation sites (N-methyl/N-ethyl adjacent to an activating group) is 1. The third-order valence-electron chi connectivity index (χ3n) is 2.61. The fourth-order valence-electron chi connectivity index (χ4n) is 1.55. The summed E-state index contributed by atoms with van der Waals surface area (Å²) in [5, 5.41) is 2.71. The average Bonchev–Trinajstić information content (AvgIpc) is 2.35. The molecule has 0 aromatic heterocycles. The number of carbonyl (C=O) groups excluding carboxylic acids is 2. The molecule has 1 aromatic carbocycles. The van der Waals surface area contributed by atoms with E-state index in [0.717, 1.165) is 0 Å². The number of rotatable bonds is 5. The zero-order chi connectivity index (χ0) is 15.3. The van der Waals surface area contributed by atoms with E-state index in [1.807, 2.05) is 13.8 Å². The minimum atomic E-state index is -0.612. The Bertz CT molecular complexity index is 486. The summed E-state index contributed by atoms with van der Waals surface area (Å²) in [7, 11) is 1.47. The van der Waals surface area contributed by atoms with Gasteiger partial charge in [-0.05, 0) is 34.0 Å². The smallest absolute Gasteiger partial charge is 0.258 e. The van der Waals surface area contributed by atoms with E-state index in [4.69, 9.17) is 0 Å². The van der Waals surface area contributed by atoms with Crippen molar-refractivity contribution in [3.8, 4) is 0 Å². The van der Waals surface area contributed by atoms with E-state index < -0.39 is 11.7 Å². The molecule has 2 amide bonds. The standard InChI is InChI=1S/C14H18BrFN2O2/c1-9(2)7-17-12(19)8-18(3)14(20)13-10(15)5-4-6-11(13)16/h4-6,9H,7-8H2,1-3H3,(H,17,19). The van der Waals surface area contributed by atoms with Crippen molar-refractivity contribution >= 4 is 27.7 Å². The molecule has 4 nitrogen and oxygen atoms in total. The van der Waals surface area contributed by atoms with Gasteiger partial charge in [0, 0.05) is 18.1 Å². The van der Waals surface area contributed by atoms with Crippen LogP contribution in [0.25, 0.3) is 0 Å². The van der Waals surface area contributed by atoms with Crippen molar-refractivity contribution in [2.45, 2.75) is 13.8 Å². The van der Waals surface area contributed by atoms with Gasteiger partial charge in [-0.15, -0.1) is 0 Å². The highest BCUT2D eigenvalue weighted by Gasteiger charge is 2.20. The van der Waals surface area contributed by atoms with Gasteiger partial charge in [0.05, 0.1) is 12.1 Å². The van der Waals surface area contributed by atoms with Gasteiger partial charge in [-0.1, -0.05) is 19.9 Å². The second-order valence-corrected chi connectivity index (χ2v) is 5.81. The van der Waals surface area contributed by atoms with Gasteiger partial charge in [0.2, 0.25) is 5.91 Å². The maximum absolute atomic E-state index is 13.7. The number of halogens is 2. The molecule has 0 aliphatic carbocycles. The van der Waals surface area contributed by atoms with E-state index in [1.165, 1.54) is 24.1 Å². The van der Waals surface area contributed by atoms with Crippen molar-refractivity contribution in [3.05, 3.63) is 34.1 Å². The number of benzene rings is 1. The molecule has 0 saturated carbocycles. The van der Waals surface area contributed by atoms with Gasteiger partial charge in [-0.25, -0.2) is 4.39 Å². The van der Waals surface area contributed by atoms with Crippen molar-refractivity contribution in [1.82, 2.24) is 10.2 Å². The van der Waals surface area contributed by atoms with Crippen LogP contribution in [-0.4, -0.2) is 36.9 Å². The Labute approximate surface area is 126 Å². The minimum absolute atomic E-state index is 0.0633. The van der Waals surface area contributed by atoms with Crippen LogP contribution in [0.1, 0.15) is 24.2 Å². The Morgan fingerprint density at radius 2 is 2.05 bits per heavy atom. The van der Waals surface area contributed by atoms with E-state index in [9.17, 15) is 14.0 Å². The molecule has 1 aromatic rings. The lowest BCUT2D eigenvalue weighted by Crippen LogP contribution is -2.39. The predicted molar refractivity (Wildman–Crippen MR) is 78.9 cm³/mol. The number of hydrogen-bond acceptors (Lipinski definition) is 2. The Balaban J connectivity index is 2.70. The molecule has 0 unspecified atom stereocenters. The Morgan fingerprint density at radius 1 is 1.40 bits per heavy atom. The molecule has 1 rings (SSSR count). The summed E-state index contributed by atoms with van der Waals surface area (Å²) >= 11 is 3.14. The van der Waals surface area contributed by atoms with Crippen LogP contribution in [-0.2, 0) is 4.79 Å². The van der Waals surface area contributed by atoms with Crippen LogP contribution >= 0.6 is 15.9 Å². The first-order valence-corrected chi connectivity index (χ1v) is 7.08. The quantitative estimate of drug-likeness (QED) is 0.891. The summed E-state index contributed by atoms with van der Waals surface area (Å²) in [5.41, 5.74) is -0.0633. The minimum Gasteiger partial charge on any atom is -0.354 e. The summed E-state index contributed by atoms with van der Waals surface area (Å²) < 4.78 is 14.0. The second kappa shape index (κ2) is 7.38. The zero-order valence-corrected chi connectivity index (χ0v) is 13.3. The lowest BCUT2D eigenvalue weighted by atomic mass is 10.2. The summed E-state index contributed by atoms with van der Waals surface area (Å²) in [6, 6.07) is 4.30. The summed E-state index contributed by atoms with van der Waals surface area (Å²) in [5.74, 6) is -1.07. The fourth-order valence-corrected chi connectivity index (χ4v) is 2.07. The van der Waals surface area contributed by atoms with Gasteiger partial charge in [0.25, 0.3) is 5.91 Å². The second-order valence-electron chi connectivity index (χ2n) is 4.96. The Morgan fingerprint density at radius 3 is 2.60 bits per heavy atom. The molecule has 0 aliphatic rings. The SMILES string of the molecule is CC(C)CNC(=O)CN(C)C(=O)c1c(F)cccc1Br. The maximum Gasteiger partial charge on any atom is 0.258 e. The monoisotopic (exact) mass is 344 g/mol. The fraction of sp³-hybridized carbons (Fsp3) is 0.429. The van der Waals surface area contributed by atoms with Gasteiger partial charge < -0.3 is 10.2 Å². The van der Waals surface area contributed by atoms with Gasteiger partial charge in [0.15, 0.2) is 0 Å². The topological polar surface area (TPSA) is 49.4 Å². The summed E-state index contributed by atoms with van der Waals surface area (Å²) in [6.45, 7) is 4.40. The van der Waals surface area contributed by atoms with Crippen LogP contribution < -0.4 is 5.32 Å². The predicted octanol–water partition coefficient (Wildman–Crippen LogP) is 2.43. The number of hydrogen-bond donors (Lipinski definition) is 1. The maximum atomic E-state index is 13.7. The number of amides is 2. The molecule has 6 heteroatoms. The summed E-state index contributed by atoms with van der Waals surface area (Å²) in [6.07, 6.45) is 0.